The third kappa shape index (κ3) is 3.03. The molecule has 1 aromatic rings. The standard InChI is InChI=1S/C12H13NO3/c1-8(2)11(14)16-12(15)10(13)9-6-4-3-5-7-9/h3-7,10H,1,13H2,2H3. The molecule has 1 aromatic carbocycles. The van der Waals surface area contributed by atoms with E-state index in [1.165, 1.54) is 6.92 Å². The Bertz CT molecular complexity index is 412. The Morgan fingerprint density at radius 3 is 2.38 bits per heavy atom. The predicted molar refractivity (Wildman–Crippen MR) is 59.3 cm³/mol. The molecular weight excluding hydrogens is 206 g/mol. The van der Waals surface area contributed by atoms with Gasteiger partial charge < -0.3 is 10.5 Å². The molecule has 0 heterocycles. The first kappa shape index (κ1) is 12.1. The number of nitrogens with two attached hydrogens (primary N) is 1. The van der Waals surface area contributed by atoms with Gasteiger partial charge in [0, 0.05) is 5.57 Å². The molecule has 0 radical (unpaired) electrons. The zero-order valence-electron chi connectivity index (χ0n) is 8.97. The summed E-state index contributed by atoms with van der Waals surface area (Å²) >= 11 is 0. The predicted octanol–water partition coefficient (Wildman–Crippen LogP) is 1.33. The van der Waals surface area contributed by atoms with Crippen molar-refractivity contribution in [3.63, 3.8) is 0 Å². The number of benzene rings is 1. The van der Waals surface area contributed by atoms with Crippen molar-refractivity contribution in [3.05, 3.63) is 48.0 Å². The number of hydrogen-bond acceptors (Lipinski definition) is 4. The second kappa shape index (κ2) is 5.23. The summed E-state index contributed by atoms with van der Waals surface area (Å²) < 4.78 is 4.53. The van der Waals surface area contributed by atoms with Crippen LogP contribution in [0.2, 0.25) is 0 Å². The van der Waals surface area contributed by atoms with Crippen LogP contribution < -0.4 is 5.73 Å². The van der Waals surface area contributed by atoms with Gasteiger partial charge in [-0.1, -0.05) is 36.9 Å². The fraction of sp³-hybridized carbons (Fsp3) is 0.167. The summed E-state index contributed by atoms with van der Waals surface area (Å²) in [6.07, 6.45) is 0. The molecule has 0 fully saturated rings. The maximum atomic E-state index is 11.4. The Hall–Kier alpha value is -1.94. The van der Waals surface area contributed by atoms with Gasteiger partial charge in [-0.3, -0.25) is 0 Å². The van der Waals surface area contributed by atoms with Gasteiger partial charge in [-0.25, -0.2) is 9.59 Å². The Morgan fingerprint density at radius 1 is 1.31 bits per heavy atom. The van der Waals surface area contributed by atoms with Gasteiger partial charge in [-0.05, 0) is 12.5 Å². The van der Waals surface area contributed by atoms with Crippen molar-refractivity contribution in [3.8, 4) is 0 Å². The number of hydrogen-bond donors (Lipinski definition) is 1. The van der Waals surface area contributed by atoms with Gasteiger partial charge in [0.1, 0.15) is 6.04 Å². The SMILES string of the molecule is C=C(C)C(=O)OC(=O)C(N)c1ccccc1. The molecule has 0 aliphatic carbocycles. The molecule has 2 N–H and O–H groups in total. The Morgan fingerprint density at radius 2 is 1.88 bits per heavy atom. The van der Waals surface area contributed by atoms with Gasteiger partial charge in [-0.15, -0.1) is 0 Å². The third-order valence-electron chi connectivity index (χ3n) is 1.95. The van der Waals surface area contributed by atoms with E-state index in [0.717, 1.165) is 0 Å². The highest BCUT2D eigenvalue weighted by molar-refractivity contribution is 5.96. The average Bonchev–Trinajstić information content (AvgIpc) is 2.28. The lowest BCUT2D eigenvalue weighted by Crippen LogP contribution is -2.26. The van der Waals surface area contributed by atoms with Gasteiger partial charge in [0.2, 0.25) is 0 Å². The summed E-state index contributed by atoms with van der Waals surface area (Å²) in [4.78, 5) is 22.5. The lowest BCUT2D eigenvalue weighted by molar-refractivity contribution is -0.158. The van der Waals surface area contributed by atoms with E-state index < -0.39 is 18.0 Å². The van der Waals surface area contributed by atoms with Gasteiger partial charge in [0.15, 0.2) is 0 Å². The van der Waals surface area contributed by atoms with Crippen molar-refractivity contribution >= 4 is 11.9 Å². The normalized spacial score (nSPS) is 11.6. The summed E-state index contributed by atoms with van der Waals surface area (Å²) in [5, 5.41) is 0. The topological polar surface area (TPSA) is 69.4 Å². The molecule has 0 aromatic heterocycles. The maximum Gasteiger partial charge on any atom is 0.340 e. The quantitative estimate of drug-likeness (QED) is 0.473. The van der Waals surface area contributed by atoms with E-state index in [4.69, 9.17) is 5.73 Å². The van der Waals surface area contributed by atoms with Crippen LogP contribution in [0.5, 0.6) is 0 Å². The second-order valence-corrected chi connectivity index (χ2v) is 3.38. The van der Waals surface area contributed by atoms with Crippen molar-refractivity contribution in [2.24, 2.45) is 5.73 Å². The van der Waals surface area contributed by atoms with Crippen LogP contribution in [0.4, 0.5) is 0 Å². The fourth-order valence-corrected chi connectivity index (χ4v) is 1.04. The average molecular weight is 219 g/mol. The summed E-state index contributed by atoms with van der Waals surface area (Å²) in [7, 11) is 0. The Balaban J connectivity index is 2.69. The lowest BCUT2D eigenvalue weighted by atomic mass is 10.1. The Labute approximate surface area is 93.7 Å². The Kier molecular flexibility index (Phi) is 3.96. The van der Waals surface area contributed by atoms with Crippen LogP contribution >= 0.6 is 0 Å². The van der Waals surface area contributed by atoms with Gasteiger partial charge in [0.25, 0.3) is 0 Å². The summed E-state index contributed by atoms with van der Waals surface area (Å²) in [6.45, 7) is 4.83. The van der Waals surface area contributed by atoms with Crippen molar-refractivity contribution < 1.29 is 14.3 Å². The highest BCUT2D eigenvalue weighted by atomic mass is 16.6. The second-order valence-electron chi connectivity index (χ2n) is 3.38. The molecule has 1 unspecified atom stereocenters. The van der Waals surface area contributed by atoms with Crippen molar-refractivity contribution in [2.45, 2.75) is 13.0 Å². The van der Waals surface area contributed by atoms with Crippen LogP contribution in [-0.4, -0.2) is 11.9 Å². The number of esters is 2. The minimum atomic E-state index is -0.954. The van der Waals surface area contributed by atoms with Crippen LogP contribution in [0, 0.1) is 0 Å². The van der Waals surface area contributed by atoms with Crippen LogP contribution in [0.3, 0.4) is 0 Å². The van der Waals surface area contributed by atoms with E-state index in [-0.39, 0.29) is 5.57 Å². The third-order valence-corrected chi connectivity index (χ3v) is 1.95. The fourth-order valence-electron chi connectivity index (χ4n) is 1.04. The molecule has 0 aliphatic rings. The number of rotatable bonds is 3. The van der Waals surface area contributed by atoms with E-state index in [1.807, 2.05) is 0 Å². The largest absolute Gasteiger partial charge is 0.388 e. The van der Waals surface area contributed by atoms with Gasteiger partial charge in [-0.2, -0.15) is 0 Å². The first-order chi connectivity index (χ1) is 7.52. The maximum absolute atomic E-state index is 11.4. The van der Waals surface area contributed by atoms with Crippen molar-refractivity contribution in [1.82, 2.24) is 0 Å². The minimum absolute atomic E-state index is 0.161. The zero-order chi connectivity index (χ0) is 12.1. The molecule has 1 atom stereocenters. The highest BCUT2D eigenvalue weighted by Gasteiger charge is 2.20. The van der Waals surface area contributed by atoms with E-state index in [0.29, 0.717) is 5.56 Å². The van der Waals surface area contributed by atoms with Crippen LogP contribution in [-0.2, 0) is 14.3 Å². The van der Waals surface area contributed by atoms with Crippen LogP contribution in [0.25, 0.3) is 0 Å². The van der Waals surface area contributed by atoms with Gasteiger partial charge in [0.05, 0.1) is 0 Å². The van der Waals surface area contributed by atoms with Crippen molar-refractivity contribution in [2.75, 3.05) is 0 Å². The van der Waals surface area contributed by atoms with Crippen LogP contribution in [0.15, 0.2) is 42.5 Å². The minimum Gasteiger partial charge on any atom is -0.388 e. The molecule has 0 saturated heterocycles. The monoisotopic (exact) mass is 219 g/mol. The first-order valence-corrected chi connectivity index (χ1v) is 4.74. The zero-order valence-corrected chi connectivity index (χ0v) is 8.97. The molecule has 0 amide bonds. The molecule has 16 heavy (non-hydrogen) atoms. The van der Waals surface area contributed by atoms with Crippen molar-refractivity contribution in [1.29, 1.82) is 0 Å². The van der Waals surface area contributed by atoms with E-state index in [2.05, 4.69) is 11.3 Å². The van der Waals surface area contributed by atoms with E-state index in [9.17, 15) is 9.59 Å². The number of carbonyl (C=O) groups is 2. The number of carbonyl (C=O) groups excluding carboxylic acids is 2. The molecule has 0 spiro atoms. The summed E-state index contributed by atoms with van der Waals surface area (Å²) in [5.41, 5.74) is 6.39. The molecular formula is C12H13NO3. The molecule has 84 valence electrons. The summed E-state index contributed by atoms with van der Waals surface area (Å²) in [5.74, 6) is -1.53. The van der Waals surface area contributed by atoms with Gasteiger partial charge >= 0.3 is 11.9 Å². The number of ether oxygens (including phenoxy) is 1. The molecule has 1 rings (SSSR count). The van der Waals surface area contributed by atoms with Crippen LogP contribution in [0.1, 0.15) is 18.5 Å². The first-order valence-electron chi connectivity index (χ1n) is 4.74. The molecule has 0 aliphatic heterocycles. The molecule has 4 heteroatoms. The molecule has 4 nitrogen and oxygen atoms in total. The smallest absolute Gasteiger partial charge is 0.340 e. The highest BCUT2D eigenvalue weighted by Crippen LogP contribution is 2.11. The lowest BCUT2D eigenvalue weighted by Gasteiger charge is -2.10. The van der Waals surface area contributed by atoms with E-state index >= 15 is 0 Å². The molecule has 0 saturated carbocycles. The van der Waals surface area contributed by atoms with E-state index in [1.54, 1.807) is 30.3 Å². The molecule has 0 bridgehead atoms. The summed E-state index contributed by atoms with van der Waals surface area (Å²) in [6, 6.07) is 7.74.